The Labute approximate surface area is 148 Å². The first kappa shape index (κ1) is 16.6. The Morgan fingerprint density at radius 3 is 2.92 bits per heavy atom. The standard InChI is InChI=1S/C20H26N2O3/c1-3-13-12-21-8-6-14(13)10-19(21)20(23)16-7-9-22(24)18-5-4-15(25-2)11-17(16)18/h4-5,7,9,11,13-14,19-20,23H,3,6,8,10,12H2,1-2H3/t13-,14-,19-,20+/m0/s1. The second kappa shape index (κ2) is 6.46. The average Bonchev–Trinajstić information content (AvgIpc) is 2.67. The Balaban J connectivity index is 1.71. The van der Waals surface area contributed by atoms with Crippen LogP contribution in [0.25, 0.3) is 10.9 Å². The van der Waals surface area contributed by atoms with E-state index < -0.39 is 6.10 Å². The predicted octanol–water partition coefficient (Wildman–Crippen LogP) is 2.64. The zero-order valence-electron chi connectivity index (χ0n) is 14.9. The van der Waals surface area contributed by atoms with Crippen LogP contribution in [0.15, 0.2) is 30.5 Å². The molecule has 1 aromatic carbocycles. The second-order valence-electron chi connectivity index (χ2n) is 7.44. The van der Waals surface area contributed by atoms with Crippen LogP contribution in [0.3, 0.4) is 0 Å². The lowest BCUT2D eigenvalue weighted by molar-refractivity contribution is -0.577. The normalized spacial score (nSPS) is 29.7. The van der Waals surface area contributed by atoms with E-state index >= 15 is 0 Å². The molecule has 0 aliphatic carbocycles. The molecule has 5 atom stereocenters. The van der Waals surface area contributed by atoms with Crippen molar-refractivity contribution < 1.29 is 14.6 Å². The molecule has 2 bridgehead atoms. The molecule has 5 nitrogen and oxygen atoms in total. The van der Waals surface area contributed by atoms with Crippen molar-refractivity contribution in [2.24, 2.45) is 11.8 Å². The van der Waals surface area contributed by atoms with Gasteiger partial charge in [-0.25, -0.2) is 0 Å². The summed E-state index contributed by atoms with van der Waals surface area (Å²) in [5.74, 6) is 2.17. The van der Waals surface area contributed by atoms with Crippen molar-refractivity contribution in [3.8, 4) is 5.75 Å². The first-order valence-electron chi connectivity index (χ1n) is 9.24. The quantitative estimate of drug-likeness (QED) is 0.685. The fourth-order valence-corrected chi connectivity index (χ4v) is 4.82. The fraction of sp³-hybridized carbons (Fsp3) is 0.550. The SMILES string of the molecule is CC[C@H]1CN2CC[C@H]1C[C@H]2[C@H](O)c1cc[n+]([O-])c2ccc(OC)cc12. The van der Waals surface area contributed by atoms with Gasteiger partial charge in [-0.05, 0) is 43.4 Å². The number of hydrogen-bond acceptors (Lipinski definition) is 4. The first-order valence-corrected chi connectivity index (χ1v) is 9.24. The Morgan fingerprint density at radius 2 is 2.24 bits per heavy atom. The van der Waals surface area contributed by atoms with Gasteiger partial charge in [0.25, 0.3) is 0 Å². The van der Waals surface area contributed by atoms with Crippen LogP contribution in [0.2, 0.25) is 0 Å². The predicted molar refractivity (Wildman–Crippen MR) is 96.3 cm³/mol. The Bertz CT molecular complexity index is 779. The third-order valence-electron chi connectivity index (χ3n) is 6.29. The maximum absolute atomic E-state index is 12.1. The maximum atomic E-state index is 12.1. The summed E-state index contributed by atoms with van der Waals surface area (Å²) in [6.45, 7) is 4.42. The van der Waals surface area contributed by atoms with Gasteiger partial charge in [-0.2, -0.15) is 4.73 Å². The second-order valence-corrected chi connectivity index (χ2v) is 7.44. The molecule has 3 aliphatic rings. The highest BCUT2D eigenvalue weighted by Crippen LogP contribution is 2.42. The molecule has 1 N–H and O–H groups in total. The molecule has 25 heavy (non-hydrogen) atoms. The molecule has 3 fully saturated rings. The summed E-state index contributed by atoms with van der Waals surface area (Å²) in [5, 5.41) is 24.1. The van der Waals surface area contributed by atoms with E-state index in [1.54, 1.807) is 25.3 Å². The number of aliphatic hydroxyl groups is 1. The molecular weight excluding hydrogens is 316 g/mol. The van der Waals surface area contributed by atoms with Gasteiger partial charge in [-0.15, -0.1) is 0 Å². The highest BCUT2D eigenvalue weighted by atomic mass is 16.5. The number of aliphatic hydroxyl groups excluding tert-OH is 1. The van der Waals surface area contributed by atoms with Gasteiger partial charge in [-0.3, -0.25) is 4.90 Å². The number of benzene rings is 1. The molecule has 3 aliphatic heterocycles. The molecular formula is C20H26N2O3. The van der Waals surface area contributed by atoms with Gasteiger partial charge >= 0.3 is 0 Å². The summed E-state index contributed by atoms with van der Waals surface area (Å²) in [7, 11) is 1.61. The van der Waals surface area contributed by atoms with Crippen LogP contribution in [-0.2, 0) is 0 Å². The summed E-state index contributed by atoms with van der Waals surface area (Å²) in [4.78, 5) is 2.45. The molecule has 4 heterocycles. The number of ether oxygens (including phenoxy) is 1. The maximum Gasteiger partial charge on any atom is 0.224 e. The Hall–Kier alpha value is -1.85. The number of pyridine rings is 1. The van der Waals surface area contributed by atoms with Crippen molar-refractivity contribution in [3.05, 3.63) is 41.2 Å². The van der Waals surface area contributed by atoms with Gasteiger partial charge in [0.05, 0.1) is 18.6 Å². The first-order chi connectivity index (χ1) is 12.1. The Kier molecular flexibility index (Phi) is 4.29. The van der Waals surface area contributed by atoms with Crippen LogP contribution < -0.4 is 9.47 Å². The van der Waals surface area contributed by atoms with Crippen LogP contribution in [-0.4, -0.2) is 36.2 Å². The average molecular weight is 342 g/mol. The lowest BCUT2D eigenvalue weighted by Gasteiger charge is -2.51. The van der Waals surface area contributed by atoms with Gasteiger partial charge in [0.15, 0.2) is 6.20 Å². The number of methoxy groups -OCH3 is 1. The third kappa shape index (κ3) is 2.75. The zero-order chi connectivity index (χ0) is 17.6. The van der Waals surface area contributed by atoms with E-state index in [-0.39, 0.29) is 6.04 Å². The Morgan fingerprint density at radius 1 is 1.40 bits per heavy atom. The summed E-state index contributed by atoms with van der Waals surface area (Å²) in [5.41, 5.74) is 1.39. The van der Waals surface area contributed by atoms with E-state index in [0.717, 1.165) is 41.1 Å². The van der Waals surface area contributed by atoms with Crippen LogP contribution in [0.5, 0.6) is 5.75 Å². The topological polar surface area (TPSA) is 59.6 Å². The van der Waals surface area contributed by atoms with E-state index in [9.17, 15) is 10.3 Å². The molecule has 0 radical (unpaired) electrons. The minimum absolute atomic E-state index is 0.137. The molecule has 0 saturated carbocycles. The molecule has 0 amide bonds. The van der Waals surface area contributed by atoms with Gasteiger partial charge in [0.1, 0.15) is 5.75 Å². The van der Waals surface area contributed by atoms with Crippen LogP contribution in [0.4, 0.5) is 0 Å². The van der Waals surface area contributed by atoms with Crippen molar-refractivity contribution in [1.29, 1.82) is 0 Å². The van der Waals surface area contributed by atoms with Crippen molar-refractivity contribution in [2.75, 3.05) is 20.2 Å². The summed E-state index contributed by atoms with van der Waals surface area (Å²) in [6.07, 6.45) is 4.41. The monoisotopic (exact) mass is 342 g/mol. The van der Waals surface area contributed by atoms with Crippen LogP contribution in [0, 0.1) is 17.0 Å². The molecule has 1 unspecified atom stereocenters. The highest BCUT2D eigenvalue weighted by Gasteiger charge is 2.42. The lowest BCUT2D eigenvalue weighted by Crippen LogP contribution is -2.55. The van der Waals surface area contributed by atoms with Crippen molar-refractivity contribution >= 4 is 10.9 Å². The number of piperidine rings is 3. The van der Waals surface area contributed by atoms with Gasteiger partial charge in [0.2, 0.25) is 5.52 Å². The number of rotatable bonds is 4. The largest absolute Gasteiger partial charge is 0.618 e. The van der Waals surface area contributed by atoms with Gasteiger partial charge < -0.3 is 15.1 Å². The minimum Gasteiger partial charge on any atom is -0.618 e. The van der Waals surface area contributed by atoms with Crippen molar-refractivity contribution in [3.63, 3.8) is 0 Å². The van der Waals surface area contributed by atoms with E-state index in [1.807, 2.05) is 6.07 Å². The smallest absolute Gasteiger partial charge is 0.224 e. The van der Waals surface area contributed by atoms with Crippen molar-refractivity contribution in [2.45, 2.75) is 38.3 Å². The van der Waals surface area contributed by atoms with E-state index in [1.165, 1.54) is 19.0 Å². The minimum atomic E-state index is -0.587. The molecule has 1 aromatic heterocycles. The zero-order valence-corrected chi connectivity index (χ0v) is 14.9. The summed E-state index contributed by atoms with van der Waals surface area (Å²) < 4.78 is 6.17. The molecule has 5 rings (SSSR count). The number of aromatic nitrogens is 1. The summed E-state index contributed by atoms with van der Waals surface area (Å²) in [6, 6.07) is 7.30. The van der Waals surface area contributed by atoms with Crippen LogP contribution >= 0.6 is 0 Å². The van der Waals surface area contributed by atoms with Crippen LogP contribution in [0.1, 0.15) is 37.9 Å². The molecule has 5 heteroatoms. The van der Waals surface area contributed by atoms with Gasteiger partial charge in [-0.1, -0.05) is 13.3 Å². The van der Waals surface area contributed by atoms with Gasteiger partial charge in [0, 0.05) is 30.3 Å². The number of hydrogen-bond donors (Lipinski definition) is 1. The number of fused-ring (bicyclic) bond motifs is 4. The molecule has 2 aromatic rings. The highest BCUT2D eigenvalue weighted by molar-refractivity contribution is 5.81. The van der Waals surface area contributed by atoms with E-state index in [0.29, 0.717) is 17.2 Å². The lowest BCUT2D eigenvalue weighted by atomic mass is 9.72. The fourth-order valence-electron chi connectivity index (χ4n) is 4.82. The summed E-state index contributed by atoms with van der Waals surface area (Å²) >= 11 is 0. The third-order valence-corrected chi connectivity index (χ3v) is 6.29. The molecule has 134 valence electrons. The van der Waals surface area contributed by atoms with Crippen molar-refractivity contribution in [1.82, 2.24) is 4.90 Å². The molecule has 0 spiro atoms. The van der Waals surface area contributed by atoms with E-state index in [4.69, 9.17) is 4.74 Å². The molecule has 3 saturated heterocycles. The van der Waals surface area contributed by atoms with E-state index in [2.05, 4.69) is 11.8 Å². The number of nitrogens with zero attached hydrogens (tertiary/aromatic N) is 2.